The van der Waals surface area contributed by atoms with Crippen LogP contribution >= 0.6 is 12.2 Å². The van der Waals surface area contributed by atoms with Crippen LogP contribution in [0.4, 0.5) is 11.4 Å². The number of ether oxygens (including phenoxy) is 2. The topological polar surface area (TPSA) is 109 Å². The molecule has 0 unspecified atom stereocenters. The van der Waals surface area contributed by atoms with Crippen LogP contribution in [-0.4, -0.2) is 46.0 Å². The lowest BCUT2D eigenvalue weighted by molar-refractivity contribution is 0.204. The standard InChI is InChI=1S/C17H21N3O5S2/c1-24-10-9-18-17(26)19-15-11-14(7-8-16(15)21)27(22,23)20-12-3-5-13(25-2)6-4-12/h3-8,11,20-21H,9-10H2,1-2H3,(H2,18,19,26). The van der Waals surface area contributed by atoms with Crippen LogP contribution in [0.25, 0.3) is 0 Å². The Hall–Kier alpha value is -2.56. The van der Waals surface area contributed by atoms with Crippen molar-refractivity contribution in [3.63, 3.8) is 0 Å². The minimum absolute atomic E-state index is 0.0293. The summed E-state index contributed by atoms with van der Waals surface area (Å²) >= 11 is 5.11. The van der Waals surface area contributed by atoms with E-state index in [4.69, 9.17) is 21.7 Å². The number of benzene rings is 2. The minimum Gasteiger partial charge on any atom is -0.506 e. The molecular weight excluding hydrogens is 390 g/mol. The van der Waals surface area contributed by atoms with Crippen molar-refractivity contribution in [1.82, 2.24) is 5.32 Å². The first-order valence-corrected chi connectivity index (χ1v) is 9.78. The molecule has 0 atom stereocenters. The van der Waals surface area contributed by atoms with E-state index in [-0.39, 0.29) is 21.4 Å². The van der Waals surface area contributed by atoms with Crippen molar-refractivity contribution in [2.45, 2.75) is 4.90 Å². The smallest absolute Gasteiger partial charge is 0.261 e. The van der Waals surface area contributed by atoms with Crippen LogP contribution in [0, 0.1) is 0 Å². The van der Waals surface area contributed by atoms with Gasteiger partial charge in [-0.2, -0.15) is 0 Å². The van der Waals surface area contributed by atoms with Crippen LogP contribution in [0.2, 0.25) is 0 Å². The van der Waals surface area contributed by atoms with Crippen LogP contribution in [-0.2, 0) is 14.8 Å². The molecule has 0 aromatic heterocycles. The van der Waals surface area contributed by atoms with Crippen LogP contribution in [0.3, 0.4) is 0 Å². The van der Waals surface area contributed by atoms with Gasteiger partial charge < -0.3 is 25.2 Å². The molecule has 2 rings (SSSR count). The molecule has 0 saturated heterocycles. The molecule has 2 aromatic carbocycles. The zero-order valence-corrected chi connectivity index (χ0v) is 16.5. The van der Waals surface area contributed by atoms with Gasteiger partial charge in [0.1, 0.15) is 11.5 Å². The van der Waals surface area contributed by atoms with Crippen LogP contribution in [0.5, 0.6) is 11.5 Å². The highest BCUT2D eigenvalue weighted by atomic mass is 32.2. The first-order valence-electron chi connectivity index (χ1n) is 7.89. The van der Waals surface area contributed by atoms with Gasteiger partial charge in [0.15, 0.2) is 5.11 Å². The molecule has 0 radical (unpaired) electrons. The van der Waals surface area contributed by atoms with Crippen LogP contribution < -0.4 is 20.1 Å². The van der Waals surface area contributed by atoms with Gasteiger partial charge in [0.25, 0.3) is 10.0 Å². The monoisotopic (exact) mass is 411 g/mol. The van der Waals surface area contributed by atoms with E-state index in [0.717, 1.165) is 0 Å². The molecule has 146 valence electrons. The number of methoxy groups -OCH3 is 2. The second-order valence-electron chi connectivity index (χ2n) is 5.39. The fourth-order valence-corrected chi connectivity index (χ4v) is 3.39. The normalized spacial score (nSPS) is 10.9. The number of aromatic hydroxyl groups is 1. The third kappa shape index (κ3) is 5.98. The summed E-state index contributed by atoms with van der Waals surface area (Å²) < 4.78 is 37.6. The molecule has 0 aliphatic heterocycles. The molecule has 0 fully saturated rings. The molecule has 0 aliphatic rings. The van der Waals surface area contributed by atoms with E-state index in [2.05, 4.69) is 15.4 Å². The second kappa shape index (κ2) is 9.40. The number of rotatable bonds is 8. The summed E-state index contributed by atoms with van der Waals surface area (Å²) in [5.74, 6) is 0.484. The fraction of sp³-hybridized carbons (Fsp3) is 0.235. The third-order valence-electron chi connectivity index (χ3n) is 3.46. The average molecular weight is 412 g/mol. The van der Waals surface area contributed by atoms with Crippen molar-refractivity contribution in [3.8, 4) is 11.5 Å². The number of hydrogen-bond donors (Lipinski definition) is 4. The lowest BCUT2D eigenvalue weighted by Gasteiger charge is -2.14. The predicted octanol–water partition coefficient (Wildman–Crippen LogP) is 2.13. The molecule has 0 aliphatic carbocycles. The van der Waals surface area contributed by atoms with E-state index in [1.165, 1.54) is 25.3 Å². The molecular formula is C17H21N3O5S2. The minimum atomic E-state index is -3.85. The van der Waals surface area contributed by atoms with E-state index in [1.807, 2.05) is 0 Å². The van der Waals surface area contributed by atoms with Gasteiger partial charge in [0.05, 0.1) is 24.3 Å². The third-order valence-corrected chi connectivity index (χ3v) is 5.09. The number of phenolic OH excluding ortho intramolecular Hbond substituents is 1. The van der Waals surface area contributed by atoms with E-state index in [0.29, 0.717) is 24.6 Å². The quantitative estimate of drug-likeness (QED) is 0.297. The Morgan fingerprint density at radius 2 is 1.85 bits per heavy atom. The maximum absolute atomic E-state index is 12.6. The van der Waals surface area contributed by atoms with Crippen LogP contribution in [0.1, 0.15) is 0 Å². The Kier molecular flexibility index (Phi) is 7.22. The Bertz CT molecular complexity index is 886. The highest BCUT2D eigenvalue weighted by Gasteiger charge is 2.17. The first-order chi connectivity index (χ1) is 12.9. The molecule has 27 heavy (non-hydrogen) atoms. The molecule has 0 heterocycles. The summed E-state index contributed by atoms with van der Waals surface area (Å²) in [6.07, 6.45) is 0. The molecule has 8 nitrogen and oxygen atoms in total. The molecule has 0 amide bonds. The maximum Gasteiger partial charge on any atom is 0.261 e. The van der Waals surface area contributed by atoms with Crippen LogP contribution in [0.15, 0.2) is 47.4 Å². The molecule has 0 bridgehead atoms. The van der Waals surface area contributed by atoms with E-state index >= 15 is 0 Å². The van der Waals surface area contributed by atoms with Crippen molar-refractivity contribution in [1.29, 1.82) is 0 Å². The summed E-state index contributed by atoms with van der Waals surface area (Å²) in [5.41, 5.74) is 0.553. The van der Waals surface area contributed by atoms with Gasteiger partial charge in [-0.15, -0.1) is 0 Å². The Morgan fingerprint density at radius 3 is 2.48 bits per heavy atom. The van der Waals surface area contributed by atoms with Crippen molar-refractivity contribution in [2.75, 3.05) is 37.4 Å². The number of nitrogens with one attached hydrogen (secondary N) is 3. The lowest BCUT2D eigenvalue weighted by atomic mass is 10.3. The fourth-order valence-electron chi connectivity index (χ4n) is 2.09. The molecule has 2 aromatic rings. The number of anilines is 2. The summed E-state index contributed by atoms with van der Waals surface area (Å²) in [7, 11) is -0.764. The highest BCUT2D eigenvalue weighted by molar-refractivity contribution is 7.92. The SMILES string of the molecule is COCCNC(=S)Nc1cc(S(=O)(=O)Nc2ccc(OC)cc2)ccc1O. The van der Waals surface area contributed by atoms with Crippen molar-refractivity contribution in [3.05, 3.63) is 42.5 Å². The van der Waals surface area contributed by atoms with Gasteiger partial charge in [0.2, 0.25) is 0 Å². The van der Waals surface area contributed by atoms with Gasteiger partial charge in [-0.3, -0.25) is 4.72 Å². The molecule has 4 N–H and O–H groups in total. The van der Waals surface area contributed by atoms with E-state index in [1.54, 1.807) is 31.4 Å². The Labute approximate surface area is 163 Å². The summed E-state index contributed by atoms with van der Waals surface area (Å²) in [4.78, 5) is -0.0293. The lowest BCUT2D eigenvalue weighted by Crippen LogP contribution is -2.31. The number of sulfonamides is 1. The van der Waals surface area contributed by atoms with Gasteiger partial charge in [0, 0.05) is 19.3 Å². The number of hydrogen-bond acceptors (Lipinski definition) is 6. The van der Waals surface area contributed by atoms with Gasteiger partial charge >= 0.3 is 0 Å². The molecule has 0 saturated carbocycles. The van der Waals surface area contributed by atoms with Gasteiger partial charge in [-0.1, -0.05) is 0 Å². The van der Waals surface area contributed by atoms with Gasteiger partial charge in [-0.25, -0.2) is 8.42 Å². The summed E-state index contributed by atoms with van der Waals surface area (Å²) in [5, 5.41) is 15.8. The maximum atomic E-state index is 12.6. The summed E-state index contributed by atoms with van der Waals surface area (Å²) in [6, 6.07) is 10.3. The predicted molar refractivity (Wildman–Crippen MR) is 108 cm³/mol. The second-order valence-corrected chi connectivity index (χ2v) is 7.48. The Balaban J connectivity index is 2.15. The van der Waals surface area contributed by atoms with Crippen molar-refractivity contribution >= 4 is 38.7 Å². The number of thiocarbonyl (C=S) groups is 1. The van der Waals surface area contributed by atoms with E-state index < -0.39 is 10.0 Å². The van der Waals surface area contributed by atoms with E-state index in [9.17, 15) is 13.5 Å². The zero-order valence-electron chi connectivity index (χ0n) is 14.9. The average Bonchev–Trinajstić information content (AvgIpc) is 2.64. The molecule has 10 heteroatoms. The summed E-state index contributed by atoms with van der Waals surface area (Å²) in [6.45, 7) is 0.925. The first kappa shape index (κ1) is 20.7. The number of phenols is 1. The highest BCUT2D eigenvalue weighted by Crippen LogP contribution is 2.27. The van der Waals surface area contributed by atoms with Crippen molar-refractivity contribution in [2.24, 2.45) is 0 Å². The largest absolute Gasteiger partial charge is 0.506 e. The molecule has 0 spiro atoms. The van der Waals surface area contributed by atoms with Gasteiger partial charge in [-0.05, 0) is 54.7 Å². The zero-order chi connectivity index (χ0) is 19.9. The van der Waals surface area contributed by atoms with Crippen molar-refractivity contribution < 1.29 is 23.0 Å². The Morgan fingerprint density at radius 1 is 1.15 bits per heavy atom.